The topological polar surface area (TPSA) is 85.9 Å². The summed E-state index contributed by atoms with van der Waals surface area (Å²) in [5.74, 6) is -0.284. The molecule has 2 N–H and O–H groups in total. The minimum atomic E-state index is -2.96. The summed E-state index contributed by atoms with van der Waals surface area (Å²) in [6.07, 6.45) is -0.576. The molecule has 2 aromatic rings. The van der Waals surface area contributed by atoms with Crippen molar-refractivity contribution in [3.8, 4) is 11.5 Å². The van der Waals surface area contributed by atoms with Gasteiger partial charge in [-0.2, -0.15) is 8.78 Å². The van der Waals surface area contributed by atoms with E-state index < -0.39 is 12.7 Å². The van der Waals surface area contributed by atoms with Crippen molar-refractivity contribution in [3.05, 3.63) is 53.6 Å². The predicted octanol–water partition coefficient (Wildman–Crippen LogP) is 3.80. The zero-order valence-corrected chi connectivity index (χ0v) is 15.3. The van der Waals surface area contributed by atoms with Crippen LogP contribution < -0.4 is 20.1 Å². The first kappa shape index (κ1) is 20.9. The van der Waals surface area contributed by atoms with Crippen molar-refractivity contribution < 1.29 is 32.6 Å². The van der Waals surface area contributed by atoms with Gasteiger partial charge in [0.1, 0.15) is 0 Å². The zero-order chi connectivity index (χ0) is 20.5. The van der Waals surface area contributed by atoms with Crippen molar-refractivity contribution in [3.63, 3.8) is 0 Å². The molecule has 9 heteroatoms. The molecule has 2 rings (SSSR count). The summed E-state index contributed by atoms with van der Waals surface area (Å²) >= 11 is 0. The van der Waals surface area contributed by atoms with E-state index in [1.807, 2.05) is 0 Å². The molecule has 2 aromatic carbocycles. The van der Waals surface area contributed by atoms with Gasteiger partial charge in [0.05, 0.1) is 13.7 Å². The van der Waals surface area contributed by atoms with Crippen LogP contribution in [-0.4, -0.2) is 32.3 Å². The number of amides is 2. The molecule has 0 fully saturated rings. The van der Waals surface area contributed by atoms with Crippen molar-refractivity contribution in [1.82, 2.24) is 5.32 Å². The monoisotopic (exact) mass is 394 g/mol. The summed E-state index contributed by atoms with van der Waals surface area (Å²) < 4.78 is 38.9. The Labute approximate surface area is 160 Å². The van der Waals surface area contributed by atoms with Crippen molar-refractivity contribution in [2.24, 2.45) is 0 Å². The molecule has 0 aliphatic carbocycles. The number of carbonyl (C=O) groups excluding carboxylic acids is 2. The third-order valence-corrected chi connectivity index (χ3v) is 3.57. The van der Waals surface area contributed by atoms with Crippen molar-refractivity contribution in [1.29, 1.82) is 0 Å². The summed E-state index contributed by atoms with van der Waals surface area (Å²) in [5, 5.41) is 5.24. The van der Waals surface area contributed by atoms with Crippen LogP contribution in [0, 0.1) is 0 Å². The fourth-order valence-corrected chi connectivity index (χ4v) is 2.29. The Hall–Kier alpha value is -3.36. The molecule has 0 aliphatic heterocycles. The van der Waals surface area contributed by atoms with E-state index in [9.17, 15) is 18.4 Å². The van der Waals surface area contributed by atoms with E-state index in [0.717, 1.165) is 0 Å². The van der Waals surface area contributed by atoms with Gasteiger partial charge in [0.2, 0.25) is 0 Å². The molecule has 2 amide bonds. The zero-order valence-electron chi connectivity index (χ0n) is 15.3. The number of hydrogen-bond acceptors (Lipinski definition) is 5. The maximum absolute atomic E-state index is 12.4. The summed E-state index contributed by atoms with van der Waals surface area (Å²) in [5.41, 5.74) is 1.53. The smallest absolute Gasteiger partial charge is 0.411 e. The lowest BCUT2D eigenvalue weighted by Crippen LogP contribution is -2.22. The number of benzene rings is 2. The van der Waals surface area contributed by atoms with Crippen LogP contribution in [0.25, 0.3) is 0 Å². The molecular formula is C19H20F2N2O5. The Balaban J connectivity index is 1.95. The number of methoxy groups -OCH3 is 1. The lowest BCUT2D eigenvalue weighted by Gasteiger charge is -2.12. The maximum atomic E-state index is 12.4. The van der Waals surface area contributed by atoms with Crippen LogP contribution in [0.2, 0.25) is 0 Å². The van der Waals surface area contributed by atoms with Crippen LogP contribution >= 0.6 is 0 Å². The van der Waals surface area contributed by atoms with Crippen LogP contribution in [-0.2, 0) is 11.3 Å². The molecule has 0 saturated carbocycles. The van der Waals surface area contributed by atoms with Gasteiger partial charge in [0.15, 0.2) is 11.5 Å². The van der Waals surface area contributed by atoms with Crippen LogP contribution in [0.3, 0.4) is 0 Å². The quantitative estimate of drug-likeness (QED) is 0.711. The van der Waals surface area contributed by atoms with Gasteiger partial charge in [-0.1, -0.05) is 6.07 Å². The second-order valence-electron chi connectivity index (χ2n) is 5.47. The Morgan fingerprint density at radius 1 is 1.07 bits per heavy atom. The lowest BCUT2D eigenvalue weighted by molar-refractivity contribution is -0.0512. The number of anilines is 1. The molecule has 0 atom stereocenters. The molecule has 0 saturated heterocycles. The Morgan fingerprint density at radius 3 is 2.39 bits per heavy atom. The average molecular weight is 394 g/mol. The van der Waals surface area contributed by atoms with Gasteiger partial charge in [0.25, 0.3) is 5.91 Å². The van der Waals surface area contributed by atoms with Gasteiger partial charge in [0, 0.05) is 17.8 Å². The molecule has 0 aliphatic rings. The minimum Gasteiger partial charge on any atom is -0.493 e. The van der Waals surface area contributed by atoms with Crippen LogP contribution in [0.5, 0.6) is 11.5 Å². The van der Waals surface area contributed by atoms with Gasteiger partial charge in [-0.05, 0) is 48.9 Å². The van der Waals surface area contributed by atoms with E-state index in [1.54, 1.807) is 37.3 Å². The first-order valence-electron chi connectivity index (χ1n) is 8.36. The van der Waals surface area contributed by atoms with Crippen molar-refractivity contribution >= 4 is 17.7 Å². The standard InChI is InChI=1S/C19H20F2N2O5/c1-3-27-19(25)23-14-7-5-13(6-8-14)17(24)22-11-12-4-9-15(28-18(20)21)16(10-12)26-2/h4-10,18H,3,11H2,1-2H3,(H,22,24)(H,23,25). The molecule has 0 bridgehead atoms. The maximum Gasteiger partial charge on any atom is 0.411 e. The van der Waals surface area contributed by atoms with E-state index in [1.165, 1.54) is 19.2 Å². The van der Waals surface area contributed by atoms with E-state index in [4.69, 9.17) is 9.47 Å². The number of hydrogen-bond donors (Lipinski definition) is 2. The third kappa shape index (κ3) is 6.11. The molecule has 7 nitrogen and oxygen atoms in total. The van der Waals surface area contributed by atoms with Gasteiger partial charge >= 0.3 is 12.7 Å². The van der Waals surface area contributed by atoms with E-state index >= 15 is 0 Å². The van der Waals surface area contributed by atoms with E-state index in [0.29, 0.717) is 16.8 Å². The fraction of sp³-hybridized carbons (Fsp3) is 0.263. The average Bonchev–Trinajstić information content (AvgIpc) is 2.67. The lowest BCUT2D eigenvalue weighted by atomic mass is 10.1. The number of rotatable bonds is 8. The Bertz CT molecular complexity index is 812. The van der Waals surface area contributed by atoms with Crippen molar-refractivity contribution in [2.75, 3.05) is 19.0 Å². The summed E-state index contributed by atoms with van der Waals surface area (Å²) in [7, 11) is 1.34. The first-order chi connectivity index (χ1) is 13.4. The number of nitrogens with one attached hydrogen (secondary N) is 2. The normalized spacial score (nSPS) is 10.3. The molecule has 0 aromatic heterocycles. The largest absolute Gasteiger partial charge is 0.493 e. The molecule has 0 spiro atoms. The van der Waals surface area contributed by atoms with Gasteiger partial charge in [-0.3, -0.25) is 10.1 Å². The van der Waals surface area contributed by atoms with Crippen LogP contribution in [0.1, 0.15) is 22.8 Å². The molecule has 0 heterocycles. The predicted molar refractivity (Wildman–Crippen MR) is 97.9 cm³/mol. The summed E-state index contributed by atoms with van der Waals surface area (Å²) in [6, 6.07) is 10.7. The molecule has 0 unspecified atom stereocenters. The van der Waals surface area contributed by atoms with Crippen LogP contribution in [0.4, 0.5) is 19.3 Å². The molecule has 150 valence electrons. The fourth-order valence-electron chi connectivity index (χ4n) is 2.29. The Morgan fingerprint density at radius 2 is 1.79 bits per heavy atom. The highest BCUT2D eigenvalue weighted by Gasteiger charge is 2.12. The molecule has 28 heavy (non-hydrogen) atoms. The minimum absolute atomic E-state index is 0.0859. The third-order valence-electron chi connectivity index (χ3n) is 3.57. The molecular weight excluding hydrogens is 374 g/mol. The molecule has 0 radical (unpaired) electrons. The van der Waals surface area contributed by atoms with Crippen LogP contribution in [0.15, 0.2) is 42.5 Å². The second-order valence-corrected chi connectivity index (χ2v) is 5.47. The summed E-state index contributed by atoms with van der Waals surface area (Å²) in [4.78, 5) is 23.6. The van der Waals surface area contributed by atoms with Gasteiger partial charge in [-0.25, -0.2) is 4.79 Å². The number of carbonyl (C=O) groups is 2. The number of alkyl halides is 2. The number of ether oxygens (including phenoxy) is 3. The highest BCUT2D eigenvalue weighted by molar-refractivity contribution is 5.95. The highest BCUT2D eigenvalue weighted by atomic mass is 19.3. The number of halogens is 2. The van der Waals surface area contributed by atoms with E-state index in [2.05, 4.69) is 15.4 Å². The first-order valence-corrected chi connectivity index (χ1v) is 8.36. The highest BCUT2D eigenvalue weighted by Crippen LogP contribution is 2.29. The SMILES string of the molecule is CCOC(=O)Nc1ccc(C(=O)NCc2ccc(OC(F)F)c(OC)c2)cc1. The Kier molecular flexibility index (Phi) is 7.55. The van der Waals surface area contributed by atoms with Gasteiger partial charge < -0.3 is 19.5 Å². The summed E-state index contributed by atoms with van der Waals surface area (Å²) in [6.45, 7) is -0.845. The van der Waals surface area contributed by atoms with Crippen molar-refractivity contribution in [2.45, 2.75) is 20.1 Å². The van der Waals surface area contributed by atoms with E-state index in [-0.39, 0.29) is 30.6 Å². The second kappa shape index (κ2) is 10.1. The van der Waals surface area contributed by atoms with Gasteiger partial charge in [-0.15, -0.1) is 0 Å².